The first kappa shape index (κ1) is 13.0. The summed E-state index contributed by atoms with van der Waals surface area (Å²) in [6, 6.07) is -0.468. The van der Waals surface area contributed by atoms with Crippen LogP contribution >= 0.6 is 0 Å². The van der Waals surface area contributed by atoms with Crippen molar-refractivity contribution in [2.24, 2.45) is 5.73 Å². The van der Waals surface area contributed by atoms with E-state index in [-0.39, 0.29) is 11.9 Å². The van der Waals surface area contributed by atoms with Crippen LogP contribution in [0.3, 0.4) is 0 Å². The molecule has 1 aliphatic heterocycles. The van der Waals surface area contributed by atoms with Crippen molar-refractivity contribution >= 4 is 5.91 Å². The average Bonchev–Trinajstić information content (AvgIpc) is 2.71. The molecule has 0 aromatic carbocycles. The zero-order chi connectivity index (χ0) is 13.1. The van der Waals surface area contributed by atoms with E-state index in [0.29, 0.717) is 6.42 Å². The number of rotatable bonds is 4. The van der Waals surface area contributed by atoms with E-state index in [4.69, 9.17) is 5.73 Å². The summed E-state index contributed by atoms with van der Waals surface area (Å²) < 4.78 is 1.88. The van der Waals surface area contributed by atoms with E-state index < -0.39 is 6.04 Å². The summed E-state index contributed by atoms with van der Waals surface area (Å²) in [6.45, 7) is 4.77. The molecule has 1 aromatic rings. The number of carbonyl (C=O) groups excluding carboxylic acids is 1. The van der Waals surface area contributed by atoms with Crippen molar-refractivity contribution in [3.63, 3.8) is 0 Å². The third-order valence-corrected chi connectivity index (χ3v) is 3.23. The van der Waals surface area contributed by atoms with Gasteiger partial charge in [-0.1, -0.05) is 13.3 Å². The maximum Gasteiger partial charge on any atom is 0.237 e. The number of nitrogens with two attached hydrogens (primary N) is 1. The van der Waals surface area contributed by atoms with Crippen LogP contribution in [0.2, 0.25) is 0 Å². The quantitative estimate of drug-likeness (QED) is 0.823. The number of aromatic nitrogens is 3. The van der Waals surface area contributed by atoms with Gasteiger partial charge in [0.15, 0.2) is 0 Å². The topological polar surface area (TPSA) is 85.8 Å². The molecule has 6 nitrogen and oxygen atoms in total. The minimum atomic E-state index is -0.422. The summed E-state index contributed by atoms with van der Waals surface area (Å²) in [5.41, 5.74) is 5.82. The summed E-state index contributed by atoms with van der Waals surface area (Å²) in [5.74, 6) is 1.52. The van der Waals surface area contributed by atoms with E-state index in [1.807, 2.05) is 18.5 Å². The van der Waals surface area contributed by atoms with Crippen LogP contribution in [0.15, 0.2) is 0 Å². The van der Waals surface area contributed by atoms with Gasteiger partial charge in [-0.2, -0.15) is 5.10 Å². The number of nitrogens with one attached hydrogen (secondary N) is 1. The molecule has 1 amide bonds. The van der Waals surface area contributed by atoms with Gasteiger partial charge in [0, 0.05) is 6.54 Å². The summed E-state index contributed by atoms with van der Waals surface area (Å²) in [5, 5.41) is 7.30. The number of nitrogens with zero attached hydrogens (tertiary/aromatic N) is 3. The molecule has 3 N–H and O–H groups in total. The maximum absolute atomic E-state index is 11.9. The molecule has 0 radical (unpaired) electrons. The molecule has 0 fully saturated rings. The van der Waals surface area contributed by atoms with E-state index in [0.717, 1.165) is 37.5 Å². The van der Waals surface area contributed by atoms with Crippen LogP contribution in [0.5, 0.6) is 0 Å². The van der Waals surface area contributed by atoms with Gasteiger partial charge in [0.2, 0.25) is 5.91 Å². The third kappa shape index (κ3) is 2.69. The van der Waals surface area contributed by atoms with Gasteiger partial charge in [0.05, 0.1) is 12.1 Å². The van der Waals surface area contributed by atoms with E-state index in [2.05, 4.69) is 15.4 Å². The Bertz CT molecular complexity index is 428. The molecule has 1 aromatic heterocycles. The predicted octanol–water partition coefficient (Wildman–Crippen LogP) is 0.665. The molecule has 0 saturated heterocycles. The molecular formula is C12H21N5O. The Hall–Kier alpha value is -1.43. The number of carbonyl (C=O) groups is 1. The van der Waals surface area contributed by atoms with Crippen LogP contribution < -0.4 is 11.1 Å². The lowest BCUT2D eigenvalue weighted by molar-refractivity contribution is -0.123. The van der Waals surface area contributed by atoms with E-state index in [1.54, 1.807) is 0 Å². The molecule has 100 valence electrons. The van der Waals surface area contributed by atoms with Crippen molar-refractivity contribution < 1.29 is 4.79 Å². The SMILES string of the molecule is CCCC(N)C(=O)NC1CCCn2nc(C)nc21. The van der Waals surface area contributed by atoms with Crippen LogP contribution in [-0.4, -0.2) is 26.7 Å². The predicted molar refractivity (Wildman–Crippen MR) is 67.8 cm³/mol. The highest BCUT2D eigenvalue weighted by Gasteiger charge is 2.26. The summed E-state index contributed by atoms with van der Waals surface area (Å²) in [7, 11) is 0. The first-order valence-corrected chi connectivity index (χ1v) is 6.59. The standard InChI is InChI=1S/C12H21N5O/c1-3-5-9(13)12(18)15-10-6-4-7-17-11(10)14-8(2)16-17/h9-10H,3-7,13H2,1-2H3,(H,15,18). The van der Waals surface area contributed by atoms with Crippen molar-refractivity contribution in [2.75, 3.05) is 0 Å². The monoisotopic (exact) mass is 251 g/mol. The smallest absolute Gasteiger partial charge is 0.237 e. The van der Waals surface area contributed by atoms with Crippen LogP contribution in [-0.2, 0) is 11.3 Å². The van der Waals surface area contributed by atoms with Crippen LogP contribution in [0.1, 0.15) is 50.3 Å². The highest BCUT2D eigenvalue weighted by atomic mass is 16.2. The largest absolute Gasteiger partial charge is 0.345 e. The van der Waals surface area contributed by atoms with Gasteiger partial charge >= 0.3 is 0 Å². The number of hydrogen-bond acceptors (Lipinski definition) is 4. The number of aryl methyl sites for hydroxylation is 2. The van der Waals surface area contributed by atoms with Crippen molar-refractivity contribution in [3.8, 4) is 0 Å². The van der Waals surface area contributed by atoms with Crippen molar-refractivity contribution in [2.45, 2.75) is 58.2 Å². The first-order valence-electron chi connectivity index (χ1n) is 6.59. The Balaban J connectivity index is 2.04. The Morgan fingerprint density at radius 2 is 2.44 bits per heavy atom. The fourth-order valence-corrected chi connectivity index (χ4v) is 2.33. The molecule has 18 heavy (non-hydrogen) atoms. The van der Waals surface area contributed by atoms with Gasteiger partial charge in [-0.05, 0) is 26.2 Å². The zero-order valence-corrected chi connectivity index (χ0v) is 11.0. The zero-order valence-electron chi connectivity index (χ0n) is 11.0. The van der Waals surface area contributed by atoms with Gasteiger partial charge in [-0.3, -0.25) is 4.79 Å². The van der Waals surface area contributed by atoms with Gasteiger partial charge in [-0.15, -0.1) is 0 Å². The summed E-state index contributed by atoms with van der Waals surface area (Å²) in [4.78, 5) is 16.3. The van der Waals surface area contributed by atoms with E-state index >= 15 is 0 Å². The van der Waals surface area contributed by atoms with E-state index in [1.165, 1.54) is 0 Å². The van der Waals surface area contributed by atoms with Gasteiger partial charge in [0.25, 0.3) is 0 Å². The lowest BCUT2D eigenvalue weighted by atomic mass is 10.1. The molecular weight excluding hydrogens is 230 g/mol. The van der Waals surface area contributed by atoms with Crippen LogP contribution in [0, 0.1) is 6.92 Å². The normalized spacial score (nSPS) is 20.3. The van der Waals surface area contributed by atoms with Gasteiger partial charge in [-0.25, -0.2) is 9.67 Å². The highest BCUT2D eigenvalue weighted by molar-refractivity contribution is 5.81. The molecule has 0 spiro atoms. The molecule has 2 heterocycles. The molecule has 6 heteroatoms. The van der Waals surface area contributed by atoms with Crippen molar-refractivity contribution in [3.05, 3.63) is 11.6 Å². The fraction of sp³-hybridized carbons (Fsp3) is 0.750. The second-order valence-corrected chi connectivity index (χ2v) is 4.84. The molecule has 2 unspecified atom stereocenters. The first-order chi connectivity index (χ1) is 8.61. The Morgan fingerprint density at radius 1 is 1.67 bits per heavy atom. The van der Waals surface area contributed by atoms with E-state index in [9.17, 15) is 4.79 Å². The number of hydrogen-bond donors (Lipinski definition) is 2. The minimum Gasteiger partial charge on any atom is -0.345 e. The number of amides is 1. The molecule has 0 saturated carbocycles. The Morgan fingerprint density at radius 3 is 3.17 bits per heavy atom. The lowest BCUT2D eigenvalue weighted by Gasteiger charge is -2.24. The summed E-state index contributed by atoms with van der Waals surface area (Å²) >= 11 is 0. The maximum atomic E-state index is 11.9. The molecule has 0 bridgehead atoms. The van der Waals surface area contributed by atoms with Gasteiger partial charge < -0.3 is 11.1 Å². The van der Waals surface area contributed by atoms with Crippen LogP contribution in [0.25, 0.3) is 0 Å². The van der Waals surface area contributed by atoms with Crippen LogP contribution in [0.4, 0.5) is 0 Å². The van der Waals surface area contributed by atoms with Crippen molar-refractivity contribution in [1.82, 2.24) is 20.1 Å². The molecule has 2 rings (SSSR count). The molecule has 0 aliphatic carbocycles. The number of fused-ring (bicyclic) bond motifs is 1. The fourth-order valence-electron chi connectivity index (χ4n) is 2.33. The van der Waals surface area contributed by atoms with Crippen molar-refractivity contribution in [1.29, 1.82) is 0 Å². The second-order valence-electron chi connectivity index (χ2n) is 4.84. The molecule has 1 aliphatic rings. The van der Waals surface area contributed by atoms with Gasteiger partial charge in [0.1, 0.15) is 11.6 Å². The lowest BCUT2D eigenvalue weighted by Crippen LogP contribution is -2.43. The summed E-state index contributed by atoms with van der Waals surface area (Å²) in [6.07, 6.45) is 3.53. The second kappa shape index (κ2) is 5.48. The minimum absolute atomic E-state index is 0.0460. The Labute approximate surface area is 107 Å². The molecule has 2 atom stereocenters. The third-order valence-electron chi connectivity index (χ3n) is 3.23. The highest BCUT2D eigenvalue weighted by Crippen LogP contribution is 2.22. The Kier molecular flexibility index (Phi) is 3.96. The average molecular weight is 251 g/mol.